The first-order valence-electron chi connectivity index (χ1n) is 21.8. The van der Waals surface area contributed by atoms with E-state index in [0.717, 1.165) is 66.4 Å². The standard InChI is InChI=1S/C60H41N3O/c1-60(2)52-24-10-9-22-49(52)50-32-31-47(36-53(50)60)59-62-57(45-20-11-18-42(34-45)40-28-26-39(27-29-40)38-14-5-3-6-15-38)61-58(63-59)46-21-12-19-43(35-46)44-30-33-51-55(37-44)64-54-25-13-23-48(56(51)54)41-16-7-4-8-17-41/h3-37H,1-2H3. The van der Waals surface area contributed by atoms with Crippen molar-refractivity contribution in [3.8, 4) is 89.8 Å². The second-order valence-corrected chi connectivity index (χ2v) is 17.2. The normalized spacial score (nSPS) is 12.7. The molecule has 4 heteroatoms. The van der Waals surface area contributed by atoms with Crippen molar-refractivity contribution in [2.45, 2.75) is 19.3 Å². The monoisotopic (exact) mass is 819 g/mol. The van der Waals surface area contributed by atoms with Gasteiger partial charge in [-0.15, -0.1) is 0 Å². The second kappa shape index (κ2) is 15.0. The third kappa shape index (κ3) is 6.42. The fraction of sp³-hybridized carbons (Fsp3) is 0.0500. The predicted molar refractivity (Wildman–Crippen MR) is 263 cm³/mol. The maximum absolute atomic E-state index is 6.52. The number of benzene rings is 9. The van der Waals surface area contributed by atoms with Crippen molar-refractivity contribution in [2.24, 2.45) is 0 Å². The highest BCUT2D eigenvalue weighted by Crippen LogP contribution is 2.49. The molecular weight excluding hydrogens is 779 g/mol. The highest BCUT2D eigenvalue weighted by Gasteiger charge is 2.35. The number of furan rings is 1. The summed E-state index contributed by atoms with van der Waals surface area (Å²) in [5, 5.41) is 2.22. The van der Waals surface area contributed by atoms with Crippen LogP contribution in [0.4, 0.5) is 0 Å². The molecule has 2 aromatic heterocycles. The van der Waals surface area contributed by atoms with Crippen LogP contribution < -0.4 is 0 Å². The fourth-order valence-corrected chi connectivity index (χ4v) is 9.63. The van der Waals surface area contributed by atoms with Crippen LogP contribution in [0.3, 0.4) is 0 Å². The van der Waals surface area contributed by atoms with Gasteiger partial charge in [0.1, 0.15) is 11.2 Å². The molecule has 0 aliphatic heterocycles. The third-order valence-corrected chi connectivity index (χ3v) is 13.0. The van der Waals surface area contributed by atoms with Gasteiger partial charge in [-0.1, -0.05) is 190 Å². The van der Waals surface area contributed by atoms with Gasteiger partial charge in [0, 0.05) is 32.9 Å². The zero-order valence-electron chi connectivity index (χ0n) is 35.5. The molecule has 11 aromatic rings. The number of fused-ring (bicyclic) bond motifs is 6. The molecule has 0 radical (unpaired) electrons. The van der Waals surface area contributed by atoms with Gasteiger partial charge in [-0.2, -0.15) is 0 Å². The van der Waals surface area contributed by atoms with Crippen LogP contribution in [0, 0.1) is 0 Å². The zero-order chi connectivity index (χ0) is 42.8. The second-order valence-electron chi connectivity index (χ2n) is 17.2. The van der Waals surface area contributed by atoms with Crippen LogP contribution in [0.2, 0.25) is 0 Å². The lowest BCUT2D eigenvalue weighted by Gasteiger charge is -2.21. The van der Waals surface area contributed by atoms with Gasteiger partial charge < -0.3 is 4.42 Å². The summed E-state index contributed by atoms with van der Waals surface area (Å²) in [4.78, 5) is 15.7. The van der Waals surface area contributed by atoms with Crippen molar-refractivity contribution < 1.29 is 4.42 Å². The molecule has 302 valence electrons. The van der Waals surface area contributed by atoms with E-state index in [1.54, 1.807) is 0 Å². The van der Waals surface area contributed by atoms with E-state index in [1.807, 2.05) is 12.1 Å². The summed E-state index contributed by atoms with van der Waals surface area (Å²) in [6.07, 6.45) is 0. The van der Waals surface area contributed by atoms with Gasteiger partial charge in [-0.05, 0) is 103 Å². The third-order valence-electron chi connectivity index (χ3n) is 13.0. The van der Waals surface area contributed by atoms with E-state index in [1.165, 1.54) is 38.9 Å². The van der Waals surface area contributed by atoms with Crippen molar-refractivity contribution in [1.29, 1.82) is 0 Å². The Kier molecular flexibility index (Phi) is 8.80. The molecule has 64 heavy (non-hydrogen) atoms. The largest absolute Gasteiger partial charge is 0.456 e. The average molecular weight is 820 g/mol. The Balaban J connectivity index is 0.962. The molecule has 1 aliphatic rings. The van der Waals surface area contributed by atoms with Crippen LogP contribution in [0.25, 0.3) is 112 Å². The van der Waals surface area contributed by atoms with E-state index in [4.69, 9.17) is 19.4 Å². The molecule has 1 aliphatic carbocycles. The Morgan fingerprint density at radius 1 is 0.312 bits per heavy atom. The van der Waals surface area contributed by atoms with Crippen LogP contribution in [0.1, 0.15) is 25.0 Å². The maximum atomic E-state index is 6.52. The summed E-state index contributed by atoms with van der Waals surface area (Å²) in [6.45, 7) is 4.61. The maximum Gasteiger partial charge on any atom is 0.164 e. The molecule has 0 amide bonds. The van der Waals surface area contributed by atoms with Gasteiger partial charge >= 0.3 is 0 Å². The van der Waals surface area contributed by atoms with Crippen molar-refractivity contribution in [2.75, 3.05) is 0 Å². The Bertz CT molecular complexity index is 3570. The SMILES string of the molecule is CC1(C)c2ccccc2-c2ccc(-c3nc(-c4cccc(-c5ccc(-c6ccccc6)cc5)c4)nc(-c4cccc(-c5ccc6c(c5)oc5cccc(-c7ccccc7)c56)c4)n3)cc21. The molecule has 0 saturated carbocycles. The Morgan fingerprint density at radius 3 is 1.45 bits per heavy atom. The number of nitrogens with zero attached hydrogens (tertiary/aromatic N) is 3. The summed E-state index contributed by atoms with van der Waals surface area (Å²) < 4.78 is 6.52. The van der Waals surface area contributed by atoms with Gasteiger partial charge in [0.2, 0.25) is 0 Å². The smallest absolute Gasteiger partial charge is 0.164 e. The lowest BCUT2D eigenvalue weighted by atomic mass is 9.82. The number of hydrogen-bond acceptors (Lipinski definition) is 4. The zero-order valence-corrected chi connectivity index (χ0v) is 35.5. The minimum absolute atomic E-state index is 0.163. The summed E-state index contributed by atoms with van der Waals surface area (Å²) >= 11 is 0. The van der Waals surface area contributed by atoms with Crippen molar-refractivity contribution >= 4 is 21.9 Å². The highest BCUT2D eigenvalue weighted by molar-refractivity contribution is 6.13. The van der Waals surface area contributed by atoms with Crippen LogP contribution >= 0.6 is 0 Å². The minimum atomic E-state index is -0.163. The number of rotatable bonds is 7. The molecule has 0 N–H and O–H groups in total. The van der Waals surface area contributed by atoms with Gasteiger partial charge in [-0.25, -0.2) is 15.0 Å². The lowest BCUT2D eigenvalue weighted by Crippen LogP contribution is -2.15. The molecule has 12 rings (SSSR count). The van der Waals surface area contributed by atoms with Crippen LogP contribution in [-0.2, 0) is 5.41 Å². The Morgan fingerprint density at radius 2 is 0.766 bits per heavy atom. The fourth-order valence-electron chi connectivity index (χ4n) is 9.63. The summed E-state index contributed by atoms with van der Waals surface area (Å²) in [5.74, 6) is 1.87. The summed E-state index contributed by atoms with van der Waals surface area (Å²) in [5.41, 5.74) is 18.5. The van der Waals surface area contributed by atoms with Crippen LogP contribution in [-0.4, -0.2) is 15.0 Å². The van der Waals surface area contributed by atoms with E-state index >= 15 is 0 Å². The average Bonchev–Trinajstić information content (AvgIpc) is 3.85. The lowest BCUT2D eigenvalue weighted by molar-refractivity contribution is 0.660. The number of aromatic nitrogens is 3. The molecule has 0 unspecified atom stereocenters. The first-order chi connectivity index (χ1) is 31.4. The molecule has 0 atom stereocenters. The highest BCUT2D eigenvalue weighted by atomic mass is 16.3. The number of hydrogen-bond donors (Lipinski definition) is 0. The van der Waals surface area contributed by atoms with Gasteiger partial charge in [0.05, 0.1) is 0 Å². The molecule has 9 aromatic carbocycles. The first-order valence-corrected chi connectivity index (χ1v) is 21.8. The first kappa shape index (κ1) is 37.5. The topological polar surface area (TPSA) is 51.8 Å². The summed E-state index contributed by atoms with van der Waals surface area (Å²) in [7, 11) is 0. The van der Waals surface area contributed by atoms with Crippen LogP contribution in [0.5, 0.6) is 0 Å². The van der Waals surface area contributed by atoms with E-state index in [2.05, 4.69) is 214 Å². The van der Waals surface area contributed by atoms with E-state index in [9.17, 15) is 0 Å². The van der Waals surface area contributed by atoms with Gasteiger partial charge in [0.25, 0.3) is 0 Å². The quantitative estimate of drug-likeness (QED) is 0.161. The van der Waals surface area contributed by atoms with Crippen molar-refractivity contribution in [3.05, 3.63) is 223 Å². The molecule has 0 spiro atoms. The van der Waals surface area contributed by atoms with Crippen molar-refractivity contribution in [1.82, 2.24) is 15.0 Å². The Labute approximate surface area is 372 Å². The minimum Gasteiger partial charge on any atom is -0.456 e. The van der Waals surface area contributed by atoms with Crippen molar-refractivity contribution in [3.63, 3.8) is 0 Å². The Hall–Kier alpha value is -8.21. The predicted octanol–water partition coefficient (Wildman–Crippen LogP) is 15.7. The van der Waals surface area contributed by atoms with Gasteiger partial charge in [0.15, 0.2) is 17.5 Å². The van der Waals surface area contributed by atoms with Gasteiger partial charge in [-0.3, -0.25) is 0 Å². The molecule has 4 nitrogen and oxygen atoms in total. The van der Waals surface area contributed by atoms with E-state index in [-0.39, 0.29) is 5.41 Å². The molecule has 0 fully saturated rings. The van der Waals surface area contributed by atoms with E-state index in [0.29, 0.717) is 17.5 Å². The summed E-state index contributed by atoms with van der Waals surface area (Å²) in [6, 6.07) is 74.9. The molecule has 2 heterocycles. The van der Waals surface area contributed by atoms with E-state index < -0.39 is 0 Å². The van der Waals surface area contributed by atoms with Crippen LogP contribution in [0.15, 0.2) is 217 Å². The molecule has 0 bridgehead atoms. The molecule has 0 saturated heterocycles. The molecular formula is C60H41N3O.